The summed E-state index contributed by atoms with van der Waals surface area (Å²) in [5.74, 6) is 0.290. The fraction of sp³-hybridized carbons (Fsp3) is 0.0857. The number of ether oxygens (including phenoxy) is 2. The number of methoxy groups -OCH3 is 2. The van der Waals surface area contributed by atoms with Crippen LogP contribution in [0.15, 0.2) is 119 Å². The standard InChI is InChI=1S/C35H30N4O5S2/c1-43-27-17-15-23(16-18-27)30-21-46-35(38-30)39-32(40)22-45-28-13-8-12-26(20-28)36-34(42)29(19-25-11-6-7-14-31(25)44-2)37-33(41)24-9-4-3-5-10-24/h3-21H,22H2,1-2H3,(H,36,42)(H,37,41)(H,38,39,40)/b29-19+. The summed E-state index contributed by atoms with van der Waals surface area (Å²) in [6.45, 7) is 0. The highest BCUT2D eigenvalue weighted by molar-refractivity contribution is 8.00. The third-order valence-electron chi connectivity index (χ3n) is 6.57. The minimum Gasteiger partial charge on any atom is -0.497 e. The van der Waals surface area contributed by atoms with Crippen LogP contribution in [0.25, 0.3) is 17.3 Å². The Hall–Kier alpha value is -5.39. The molecule has 0 bridgehead atoms. The van der Waals surface area contributed by atoms with Gasteiger partial charge >= 0.3 is 0 Å². The fourth-order valence-corrected chi connectivity index (χ4v) is 5.77. The van der Waals surface area contributed by atoms with Crippen LogP contribution < -0.4 is 25.4 Å². The number of carbonyl (C=O) groups is 3. The molecule has 0 aliphatic rings. The molecule has 0 fully saturated rings. The highest BCUT2D eigenvalue weighted by atomic mass is 32.2. The zero-order valence-electron chi connectivity index (χ0n) is 25.0. The number of amides is 3. The molecule has 0 unspecified atom stereocenters. The maximum Gasteiger partial charge on any atom is 0.272 e. The topological polar surface area (TPSA) is 119 Å². The van der Waals surface area contributed by atoms with Crippen molar-refractivity contribution in [2.45, 2.75) is 4.90 Å². The van der Waals surface area contributed by atoms with Gasteiger partial charge in [0.05, 0.1) is 25.7 Å². The van der Waals surface area contributed by atoms with E-state index in [0.29, 0.717) is 27.7 Å². The van der Waals surface area contributed by atoms with Crippen LogP contribution in [0.5, 0.6) is 11.5 Å². The average Bonchev–Trinajstić information content (AvgIpc) is 3.56. The number of thioether (sulfide) groups is 1. The number of hydrogen-bond acceptors (Lipinski definition) is 8. The molecule has 1 aromatic heterocycles. The number of carbonyl (C=O) groups excluding carboxylic acids is 3. The van der Waals surface area contributed by atoms with E-state index in [1.54, 1.807) is 67.8 Å². The van der Waals surface area contributed by atoms with Crippen LogP contribution in [-0.2, 0) is 9.59 Å². The average molecular weight is 651 g/mol. The largest absolute Gasteiger partial charge is 0.497 e. The lowest BCUT2D eigenvalue weighted by atomic mass is 10.1. The third kappa shape index (κ3) is 8.62. The summed E-state index contributed by atoms with van der Waals surface area (Å²) < 4.78 is 10.6. The molecule has 1 heterocycles. The van der Waals surface area contributed by atoms with Gasteiger partial charge in [-0.25, -0.2) is 4.98 Å². The Morgan fingerprint density at radius 1 is 0.848 bits per heavy atom. The Kier molecular flexibility index (Phi) is 10.8. The van der Waals surface area contributed by atoms with Crippen molar-refractivity contribution in [2.75, 3.05) is 30.6 Å². The fourth-order valence-electron chi connectivity index (χ4n) is 4.28. The summed E-state index contributed by atoms with van der Waals surface area (Å²) >= 11 is 2.67. The molecule has 0 spiro atoms. The minimum atomic E-state index is -0.522. The van der Waals surface area contributed by atoms with Gasteiger partial charge < -0.3 is 25.4 Å². The van der Waals surface area contributed by atoms with E-state index in [-0.39, 0.29) is 17.4 Å². The second-order valence-electron chi connectivity index (χ2n) is 9.71. The number of para-hydroxylation sites is 1. The van der Waals surface area contributed by atoms with Gasteiger partial charge in [0.15, 0.2) is 5.13 Å². The van der Waals surface area contributed by atoms with E-state index < -0.39 is 11.8 Å². The van der Waals surface area contributed by atoms with Gasteiger partial charge in [-0.1, -0.05) is 42.5 Å². The summed E-state index contributed by atoms with van der Waals surface area (Å²) in [7, 11) is 3.15. The summed E-state index contributed by atoms with van der Waals surface area (Å²) in [4.78, 5) is 44.5. The Bertz CT molecular complexity index is 1860. The maximum atomic E-state index is 13.5. The van der Waals surface area contributed by atoms with Crippen molar-refractivity contribution in [1.29, 1.82) is 0 Å². The number of nitrogens with one attached hydrogen (secondary N) is 3. The van der Waals surface area contributed by atoms with Gasteiger partial charge in [-0.15, -0.1) is 23.1 Å². The summed E-state index contributed by atoms with van der Waals surface area (Å²) in [6, 6.07) is 30.5. The Labute approximate surface area is 274 Å². The number of hydrogen-bond donors (Lipinski definition) is 3. The monoisotopic (exact) mass is 650 g/mol. The molecule has 11 heteroatoms. The lowest BCUT2D eigenvalue weighted by Crippen LogP contribution is -2.30. The molecule has 3 amide bonds. The second kappa shape index (κ2) is 15.6. The van der Waals surface area contributed by atoms with Crippen LogP contribution in [0, 0.1) is 0 Å². The van der Waals surface area contributed by atoms with Gasteiger partial charge in [-0.05, 0) is 66.7 Å². The number of aromatic nitrogens is 1. The van der Waals surface area contributed by atoms with Gasteiger partial charge in [0.2, 0.25) is 5.91 Å². The first-order valence-corrected chi connectivity index (χ1v) is 15.9. The summed E-state index contributed by atoms with van der Waals surface area (Å²) in [5.41, 5.74) is 3.25. The van der Waals surface area contributed by atoms with Crippen LogP contribution in [0.3, 0.4) is 0 Å². The number of thiazole rings is 1. The first-order valence-electron chi connectivity index (χ1n) is 14.1. The zero-order valence-corrected chi connectivity index (χ0v) is 26.6. The van der Waals surface area contributed by atoms with E-state index in [9.17, 15) is 14.4 Å². The zero-order chi connectivity index (χ0) is 32.3. The predicted molar refractivity (Wildman–Crippen MR) is 183 cm³/mol. The highest BCUT2D eigenvalue weighted by Crippen LogP contribution is 2.28. The van der Waals surface area contributed by atoms with Gasteiger partial charge in [0, 0.05) is 32.7 Å². The van der Waals surface area contributed by atoms with Crippen LogP contribution >= 0.6 is 23.1 Å². The lowest BCUT2D eigenvalue weighted by Gasteiger charge is -2.13. The highest BCUT2D eigenvalue weighted by Gasteiger charge is 2.17. The minimum absolute atomic E-state index is 0.0354. The molecular weight excluding hydrogens is 621 g/mol. The Morgan fingerprint density at radius 3 is 2.37 bits per heavy atom. The van der Waals surface area contributed by atoms with E-state index in [2.05, 4.69) is 20.9 Å². The Morgan fingerprint density at radius 2 is 1.61 bits per heavy atom. The molecule has 0 radical (unpaired) electrons. The molecule has 0 atom stereocenters. The van der Waals surface area contributed by atoms with E-state index in [0.717, 1.165) is 21.9 Å². The molecule has 9 nitrogen and oxygen atoms in total. The van der Waals surface area contributed by atoms with Crippen LogP contribution in [0.4, 0.5) is 10.8 Å². The summed E-state index contributed by atoms with van der Waals surface area (Å²) in [6.07, 6.45) is 1.57. The van der Waals surface area contributed by atoms with Gasteiger partial charge in [0.1, 0.15) is 17.2 Å². The van der Waals surface area contributed by atoms with Crippen LogP contribution in [0.1, 0.15) is 15.9 Å². The van der Waals surface area contributed by atoms with Crippen molar-refractivity contribution in [3.05, 3.63) is 125 Å². The van der Waals surface area contributed by atoms with Crippen molar-refractivity contribution in [3.8, 4) is 22.8 Å². The molecular formula is C35H30N4O5S2. The molecule has 3 N–H and O–H groups in total. The number of anilines is 2. The van der Waals surface area contributed by atoms with E-state index >= 15 is 0 Å². The van der Waals surface area contributed by atoms with E-state index in [1.807, 2.05) is 53.9 Å². The van der Waals surface area contributed by atoms with E-state index in [4.69, 9.17) is 9.47 Å². The first kappa shape index (κ1) is 32.0. The predicted octanol–water partition coefficient (Wildman–Crippen LogP) is 6.97. The second-order valence-corrected chi connectivity index (χ2v) is 11.6. The SMILES string of the molecule is COc1ccc(-c2csc(NC(=O)CSc3cccc(NC(=O)/C(=C\c4ccccc4OC)NC(=O)c4ccccc4)c3)n2)cc1. The van der Waals surface area contributed by atoms with Crippen LogP contribution in [0.2, 0.25) is 0 Å². The summed E-state index contributed by atoms with van der Waals surface area (Å²) in [5, 5.41) is 10.8. The van der Waals surface area contributed by atoms with Crippen molar-refractivity contribution in [1.82, 2.24) is 10.3 Å². The number of nitrogens with zero attached hydrogens (tertiary/aromatic N) is 1. The molecule has 46 heavy (non-hydrogen) atoms. The van der Waals surface area contributed by atoms with Gasteiger partial charge in [-0.3, -0.25) is 14.4 Å². The maximum absolute atomic E-state index is 13.5. The van der Waals surface area contributed by atoms with E-state index in [1.165, 1.54) is 30.2 Å². The van der Waals surface area contributed by atoms with Crippen molar-refractivity contribution in [3.63, 3.8) is 0 Å². The lowest BCUT2D eigenvalue weighted by molar-refractivity contribution is -0.114. The van der Waals surface area contributed by atoms with Crippen LogP contribution in [-0.4, -0.2) is 42.7 Å². The first-order chi connectivity index (χ1) is 22.4. The van der Waals surface area contributed by atoms with Crippen molar-refractivity contribution in [2.24, 2.45) is 0 Å². The number of rotatable bonds is 12. The van der Waals surface area contributed by atoms with Gasteiger partial charge in [-0.2, -0.15) is 0 Å². The smallest absolute Gasteiger partial charge is 0.272 e. The molecule has 0 saturated heterocycles. The molecule has 5 aromatic rings. The molecule has 0 saturated carbocycles. The molecule has 0 aliphatic carbocycles. The quantitative estimate of drug-likeness (QED) is 0.0986. The van der Waals surface area contributed by atoms with Gasteiger partial charge in [0.25, 0.3) is 11.8 Å². The Balaban J connectivity index is 1.23. The normalized spacial score (nSPS) is 11.0. The number of benzene rings is 4. The van der Waals surface area contributed by atoms with Crippen molar-refractivity contribution < 1.29 is 23.9 Å². The molecule has 5 rings (SSSR count). The molecule has 4 aromatic carbocycles. The molecule has 232 valence electrons. The third-order valence-corrected chi connectivity index (χ3v) is 8.32. The molecule has 0 aliphatic heterocycles. The van der Waals surface area contributed by atoms with Crippen molar-refractivity contribution >= 4 is 57.7 Å².